The van der Waals surface area contributed by atoms with Crippen LogP contribution in [0.25, 0.3) is 10.9 Å². The fourth-order valence-corrected chi connectivity index (χ4v) is 2.68. The molecule has 0 aliphatic carbocycles. The van der Waals surface area contributed by atoms with Gasteiger partial charge in [-0.2, -0.15) is 0 Å². The van der Waals surface area contributed by atoms with E-state index in [2.05, 4.69) is 15.8 Å². The fraction of sp³-hybridized carbons (Fsp3) is 0.200. The number of rotatable bonds is 5. The highest BCUT2D eigenvalue weighted by molar-refractivity contribution is 5.89. The number of ether oxygens (including phenoxy) is 1. The number of aromatic nitrogens is 1. The van der Waals surface area contributed by atoms with Crippen molar-refractivity contribution in [3.05, 3.63) is 65.4 Å². The molecule has 0 aliphatic heterocycles. The molecule has 0 bridgehead atoms. The lowest BCUT2D eigenvalue weighted by Crippen LogP contribution is -2.44. The van der Waals surface area contributed by atoms with E-state index in [0.717, 1.165) is 27.6 Å². The molecule has 2 aromatic carbocycles. The number of aromatic amines is 1. The van der Waals surface area contributed by atoms with Gasteiger partial charge in [0.1, 0.15) is 5.75 Å². The molecule has 1 heterocycles. The SMILES string of the molecule is Cc1ccc(C)c(OCC(=O)NNC(=O)Cc2c[nH]c3ccccc23)c1. The Kier molecular flexibility index (Phi) is 5.22. The second kappa shape index (κ2) is 7.74. The molecule has 0 atom stereocenters. The second-order valence-electron chi connectivity index (χ2n) is 6.19. The number of hydrazine groups is 1. The topological polar surface area (TPSA) is 83.2 Å². The summed E-state index contributed by atoms with van der Waals surface area (Å²) in [5, 5.41) is 0.993. The predicted molar refractivity (Wildman–Crippen MR) is 99.7 cm³/mol. The Morgan fingerprint density at radius 2 is 1.81 bits per heavy atom. The Hall–Kier alpha value is -3.28. The van der Waals surface area contributed by atoms with Crippen molar-refractivity contribution in [1.29, 1.82) is 0 Å². The van der Waals surface area contributed by atoms with Gasteiger partial charge < -0.3 is 9.72 Å². The highest BCUT2D eigenvalue weighted by atomic mass is 16.5. The maximum atomic E-state index is 12.1. The van der Waals surface area contributed by atoms with E-state index >= 15 is 0 Å². The molecule has 3 aromatic rings. The highest BCUT2D eigenvalue weighted by Crippen LogP contribution is 2.19. The number of aryl methyl sites for hydroxylation is 2. The standard InChI is InChI=1S/C20H21N3O3/c1-13-7-8-14(2)18(9-13)26-12-20(25)23-22-19(24)10-15-11-21-17-6-4-3-5-16(15)17/h3-9,11,21H,10,12H2,1-2H3,(H,22,24)(H,23,25). The van der Waals surface area contributed by atoms with Gasteiger partial charge in [-0.1, -0.05) is 30.3 Å². The van der Waals surface area contributed by atoms with E-state index in [1.165, 1.54) is 0 Å². The van der Waals surface area contributed by atoms with Gasteiger partial charge in [-0.05, 0) is 42.7 Å². The lowest BCUT2D eigenvalue weighted by atomic mass is 10.1. The Morgan fingerprint density at radius 3 is 2.65 bits per heavy atom. The van der Waals surface area contributed by atoms with Crippen molar-refractivity contribution in [3.63, 3.8) is 0 Å². The third-order valence-corrected chi connectivity index (χ3v) is 4.07. The van der Waals surface area contributed by atoms with Gasteiger partial charge in [-0.25, -0.2) is 0 Å². The van der Waals surface area contributed by atoms with E-state index < -0.39 is 5.91 Å². The van der Waals surface area contributed by atoms with Crippen molar-refractivity contribution in [2.75, 3.05) is 6.61 Å². The summed E-state index contributed by atoms with van der Waals surface area (Å²) in [5.41, 5.74) is 8.64. The Bertz CT molecular complexity index is 946. The molecular formula is C20H21N3O3. The van der Waals surface area contributed by atoms with Gasteiger partial charge in [0.15, 0.2) is 6.61 Å². The number of carbonyl (C=O) groups is 2. The molecular weight excluding hydrogens is 330 g/mol. The Morgan fingerprint density at radius 1 is 1.04 bits per heavy atom. The first kappa shape index (κ1) is 17.5. The van der Waals surface area contributed by atoms with Gasteiger partial charge in [-0.3, -0.25) is 20.4 Å². The summed E-state index contributed by atoms with van der Waals surface area (Å²) in [6.45, 7) is 3.70. The van der Waals surface area contributed by atoms with Crippen molar-refractivity contribution in [2.45, 2.75) is 20.3 Å². The van der Waals surface area contributed by atoms with Gasteiger partial charge in [0.2, 0.25) is 5.91 Å². The Balaban J connectivity index is 1.48. The molecule has 0 unspecified atom stereocenters. The first-order chi connectivity index (χ1) is 12.5. The van der Waals surface area contributed by atoms with E-state index in [1.54, 1.807) is 6.20 Å². The van der Waals surface area contributed by atoms with Crippen LogP contribution in [-0.2, 0) is 16.0 Å². The number of carbonyl (C=O) groups excluding carboxylic acids is 2. The van der Waals surface area contributed by atoms with Crippen LogP contribution in [0.4, 0.5) is 0 Å². The van der Waals surface area contributed by atoms with Crippen LogP contribution in [0, 0.1) is 13.8 Å². The molecule has 6 heteroatoms. The maximum Gasteiger partial charge on any atom is 0.276 e. The maximum absolute atomic E-state index is 12.1. The van der Waals surface area contributed by atoms with Crippen LogP contribution in [0.5, 0.6) is 5.75 Å². The van der Waals surface area contributed by atoms with Crippen LogP contribution < -0.4 is 15.6 Å². The van der Waals surface area contributed by atoms with E-state index in [0.29, 0.717) is 5.75 Å². The van der Waals surface area contributed by atoms with Crippen molar-refractivity contribution >= 4 is 22.7 Å². The van der Waals surface area contributed by atoms with Gasteiger partial charge in [0.05, 0.1) is 6.42 Å². The van der Waals surface area contributed by atoms with Crippen LogP contribution >= 0.6 is 0 Å². The van der Waals surface area contributed by atoms with Gasteiger partial charge in [0.25, 0.3) is 5.91 Å². The minimum absolute atomic E-state index is 0.169. The number of hydrogen-bond acceptors (Lipinski definition) is 3. The highest BCUT2D eigenvalue weighted by Gasteiger charge is 2.10. The van der Waals surface area contributed by atoms with E-state index in [9.17, 15) is 9.59 Å². The molecule has 0 radical (unpaired) electrons. The van der Waals surface area contributed by atoms with Crippen LogP contribution in [0.1, 0.15) is 16.7 Å². The number of benzene rings is 2. The zero-order valence-electron chi connectivity index (χ0n) is 14.8. The summed E-state index contributed by atoms with van der Waals surface area (Å²) in [6.07, 6.45) is 1.97. The van der Waals surface area contributed by atoms with Crippen LogP contribution in [-0.4, -0.2) is 23.4 Å². The zero-order valence-corrected chi connectivity index (χ0v) is 14.8. The quantitative estimate of drug-likeness (QED) is 0.618. The molecule has 1 aromatic heterocycles. The third kappa shape index (κ3) is 4.22. The lowest BCUT2D eigenvalue weighted by Gasteiger charge is -2.11. The summed E-state index contributed by atoms with van der Waals surface area (Å²) in [6, 6.07) is 13.5. The molecule has 6 nitrogen and oxygen atoms in total. The molecule has 134 valence electrons. The summed E-state index contributed by atoms with van der Waals surface area (Å²) in [7, 11) is 0. The third-order valence-electron chi connectivity index (χ3n) is 4.07. The van der Waals surface area contributed by atoms with E-state index in [4.69, 9.17) is 4.74 Å². The van der Waals surface area contributed by atoms with Crippen molar-refractivity contribution in [3.8, 4) is 5.75 Å². The van der Waals surface area contributed by atoms with Gasteiger partial charge in [0, 0.05) is 17.1 Å². The molecule has 0 aliphatic rings. The first-order valence-electron chi connectivity index (χ1n) is 8.35. The molecule has 0 saturated carbocycles. The first-order valence-corrected chi connectivity index (χ1v) is 8.35. The smallest absolute Gasteiger partial charge is 0.276 e. The largest absolute Gasteiger partial charge is 0.483 e. The van der Waals surface area contributed by atoms with Crippen LogP contribution in [0.15, 0.2) is 48.7 Å². The van der Waals surface area contributed by atoms with Crippen molar-refractivity contribution < 1.29 is 14.3 Å². The summed E-state index contributed by atoms with van der Waals surface area (Å²) < 4.78 is 5.51. The minimum atomic E-state index is -0.418. The summed E-state index contributed by atoms with van der Waals surface area (Å²) in [5.74, 6) is -0.0571. The number of H-pyrrole nitrogens is 1. The van der Waals surface area contributed by atoms with Gasteiger partial charge >= 0.3 is 0 Å². The monoisotopic (exact) mass is 351 g/mol. The molecule has 0 saturated heterocycles. The Labute approximate surface area is 151 Å². The minimum Gasteiger partial charge on any atom is -0.483 e. The lowest BCUT2D eigenvalue weighted by molar-refractivity contribution is -0.129. The predicted octanol–water partition coefficient (Wildman–Crippen LogP) is 2.55. The molecule has 2 amide bonds. The molecule has 0 fully saturated rings. The molecule has 3 rings (SSSR count). The summed E-state index contributed by atoms with van der Waals surface area (Å²) in [4.78, 5) is 27.0. The van der Waals surface area contributed by atoms with Crippen molar-refractivity contribution in [2.24, 2.45) is 0 Å². The summed E-state index contributed by atoms with van der Waals surface area (Å²) >= 11 is 0. The van der Waals surface area contributed by atoms with E-state index in [1.807, 2.05) is 56.3 Å². The average molecular weight is 351 g/mol. The number of para-hydroxylation sites is 1. The molecule has 0 spiro atoms. The number of nitrogens with one attached hydrogen (secondary N) is 3. The normalized spacial score (nSPS) is 10.5. The number of amides is 2. The molecule has 26 heavy (non-hydrogen) atoms. The van der Waals surface area contributed by atoms with Gasteiger partial charge in [-0.15, -0.1) is 0 Å². The number of fused-ring (bicyclic) bond motifs is 1. The molecule has 3 N–H and O–H groups in total. The van der Waals surface area contributed by atoms with Crippen LogP contribution in [0.3, 0.4) is 0 Å². The van der Waals surface area contributed by atoms with Crippen LogP contribution in [0.2, 0.25) is 0 Å². The fourth-order valence-electron chi connectivity index (χ4n) is 2.68. The zero-order chi connectivity index (χ0) is 18.5. The second-order valence-corrected chi connectivity index (χ2v) is 6.19. The average Bonchev–Trinajstić information content (AvgIpc) is 3.04. The number of hydrogen-bond donors (Lipinski definition) is 3. The van der Waals surface area contributed by atoms with Crippen molar-refractivity contribution in [1.82, 2.24) is 15.8 Å². The van der Waals surface area contributed by atoms with E-state index in [-0.39, 0.29) is 18.9 Å².